The lowest BCUT2D eigenvalue weighted by Gasteiger charge is -2.12. The van der Waals surface area contributed by atoms with Crippen molar-refractivity contribution in [2.75, 3.05) is 11.9 Å². The van der Waals surface area contributed by atoms with Gasteiger partial charge in [-0.15, -0.1) is 4.40 Å². The van der Waals surface area contributed by atoms with E-state index in [1.165, 1.54) is 31.4 Å². The van der Waals surface area contributed by atoms with Crippen LogP contribution < -0.4 is 10.8 Å². The molecule has 0 spiro atoms. The Bertz CT molecular complexity index is 962. The molecule has 8 nitrogen and oxygen atoms in total. The van der Waals surface area contributed by atoms with Gasteiger partial charge in [-0.05, 0) is 38.5 Å². The molecule has 0 unspecified atom stereocenters. The van der Waals surface area contributed by atoms with Crippen LogP contribution in [0.25, 0.3) is 0 Å². The highest BCUT2D eigenvalue weighted by Gasteiger charge is 2.19. The van der Waals surface area contributed by atoms with Crippen molar-refractivity contribution >= 4 is 33.5 Å². The fourth-order valence-corrected chi connectivity index (χ4v) is 4.27. The molecule has 31 heavy (non-hydrogen) atoms. The zero-order chi connectivity index (χ0) is 22.7. The van der Waals surface area contributed by atoms with Crippen molar-refractivity contribution in [2.45, 2.75) is 64.2 Å². The Balaban J connectivity index is 2.12. The average Bonchev–Trinajstić information content (AvgIpc) is 2.69. The molecule has 0 aliphatic rings. The molecule has 1 aromatic heterocycles. The molecule has 0 saturated heterocycles. The van der Waals surface area contributed by atoms with Crippen LogP contribution in [-0.4, -0.2) is 31.0 Å². The van der Waals surface area contributed by atoms with Crippen LogP contribution in [0.5, 0.6) is 0 Å². The number of benzene rings is 1. The standard InChI is InChI=1S/C21H30ClN5O3S/c1-4-5-6-7-8-11-14-30-26-21(25-20-23-16(2)15-17(3)24-20)27-31(28,29)19-13-10-9-12-18(19)22/h9-10,12-13,15H,4-8,11,14H2,1-3H3,(H2,23,24,25,26,27). The number of hydroxylamine groups is 1. The highest BCUT2D eigenvalue weighted by atomic mass is 35.5. The van der Waals surface area contributed by atoms with Crippen LogP contribution in [0.3, 0.4) is 0 Å². The number of hydrogen-bond acceptors (Lipinski definition) is 5. The maximum atomic E-state index is 12.8. The van der Waals surface area contributed by atoms with E-state index in [-0.39, 0.29) is 21.8 Å². The van der Waals surface area contributed by atoms with E-state index in [2.05, 4.69) is 32.1 Å². The molecule has 0 bridgehead atoms. The molecule has 0 radical (unpaired) electrons. The zero-order valence-corrected chi connectivity index (χ0v) is 19.8. The largest absolute Gasteiger partial charge is 0.292 e. The van der Waals surface area contributed by atoms with Crippen molar-refractivity contribution < 1.29 is 13.3 Å². The number of nitrogens with zero attached hydrogens (tertiary/aromatic N) is 3. The summed E-state index contributed by atoms with van der Waals surface area (Å²) in [6, 6.07) is 7.92. The minimum Gasteiger partial charge on any atom is -0.292 e. The van der Waals surface area contributed by atoms with E-state index < -0.39 is 10.0 Å². The second kappa shape index (κ2) is 12.6. The number of guanidine groups is 1. The van der Waals surface area contributed by atoms with Crippen LogP contribution in [0, 0.1) is 13.8 Å². The molecule has 1 aromatic carbocycles. The van der Waals surface area contributed by atoms with Gasteiger partial charge in [-0.1, -0.05) is 62.8 Å². The molecular formula is C21H30ClN5O3S. The number of nitrogens with one attached hydrogen (secondary N) is 2. The van der Waals surface area contributed by atoms with Crippen molar-refractivity contribution in [3.63, 3.8) is 0 Å². The highest BCUT2D eigenvalue weighted by Crippen LogP contribution is 2.22. The summed E-state index contributed by atoms with van der Waals surface area (Å²) in [5.41, 5.74) is 4.06. The molecule has 0 saturated carbocycles. The maximum Gasteiger partial charge on any atom is 0.287 e. The molecule has 2 aromatic rings. The normalized spacial score (nSPS) is 12.1. The van der Waals surface area contributed by atoms with Gasteiger partial charge >= 0.3 is 0 Å². The van der Waals surface area contributed by atoms with Gasteiger partial charge < -0.3 is 0 Å². The molecular weight excluding hydrogens is 438 g/mol. The predicted molar refractivity (Wildman–Crippen MR) is 124 cm³/mol. The third-order valence-electron chi connectivity index (χ3n) is 4.31. The summed E-state index contributed by atoms with van der Waals surface area (Å²) in [5.74, 6) is 0.0668. The molecule has 0 fully saturated rings. The van der Waals surface area contributed by atoms with E-state index in [0.29, 0.717) is 6.61 Å². The lowest BCUT2D eigenvalue weighted by atomic mass is 10.1. The first-order valence-corrected chi connectivity index (χ1v) is 12.2. The van der Waals surface area contributed by atoms with Gasteiger partial charge in [0.15, 0.2) is 0 Å². The van der Waals surface area contributed by atoms with Gasteiger partial charge in [-0.3, -0.25) is 10.2 Å². The van der Waals surface area contributed by atoms with Crippen LogP contribution in [-0.2, 0) is 14.9 Å². The highest BCUT2D eigenvalue weighted by molar-refractivity contribution is 7.90. The smallest absolute Gasteiger partial charge is 0.287 e. The second-order valence-corrected chi connectivity index (χ2v) is 9.14. The van der Waals surface area contributed by atoms with Gasteiger partial charge in [0.05, 0.1) is 11.6 Å². The summed E-state index contributed by atoms with van der Waals surface area (Å²) in [6.07, 6.45) is 6.67. The minimum absolute atomic E-state index is 0.0845. The molecule has 0 aliphatic carbocycles. The third-order valence-corrected chi connectivity index (χ3v) is 6.08. The molecule has 0 amide bonds. The van der Waals surface area contributed by atoms with Crippen LogP contribution in [0.4, 0.5) is 5.95 Å². The van der Waals surface area contributed by atoms with E-state index in [9.17, 15) is 8.42 Å². The lowest BCUT2D eigenvalue weighted by Crippen LogP contribution is -2.33. The summed E-state index contributed by atoms with van der Waals surface area (Å²) in [7, 11) is -4.09. The number of aromatic nitrogens is 2. The van der Waals surface area contributed by atoms with Crippen LogP contribution >= 0.6 is 11.6 Å². The van der Waals surface area contributed by atoms with Crippen molar-refractivity contribution in [1.29, 1.82) is 0 Å². The number of anilines is 1. The van der Waals surface area contributed by atoms with Crippen molar-refractivity contribution in [3.8, 4) is 0 Å². The molecule has 2 N–H and O–H groups in total. The van der Waals surface area contributed by atoms with Gasteiger partial charge in [0.2, 0.25) is 11.9 Å². The number of sulfonamides is 1. The first-order chi connectivity index (χ1) is 14.8. The number of aryl methyl sites for hydroxylation is 2. The summed E-state index contributed by atoms with van der Waals surface area (Å²) in [5, 5.41) is 2.88. The van der Waals surface area contributed by atoms with Crippen molar-refractivity contribution in [3.05, 3.63) is 46.7 Å². The fraction of sp³-hybridized carbons (Fsp3) is 0.476. The first kappa shape index (κ1) is 25.0. The van der Waals surface area contributed by atoms with Gasteiger partial charge in [-0.2, -0.15) is 8.42 Å². The Morgan fingerprint density at radius 3 is 2.39 bits per heavy atom. The molecule has 2 rings (SSSR count). The quantitative estimate of drug-likeness (QED) is 0.212. The van der Waals surface area contributed by atoms with Gasteiger partial charge in [0.1, 0.15) is 4.90 Å². The topological polar surface area (TPSA) is 106 Å². The Morgan fingerprint density at radius 1 is 1.06 bits per heavy atom. The first-order valence-electron chi connectivity index (χ1n) is 10.4. The van der Waals surface area contributed by atoms with E-state index in [1.807, 2.05) is 19.9 Å². The molecule has 0 atom stereocenters. The molecule has 1 heterocycles. The lowest BCUT2D eigenvalue weighted by molar-refractivity contribution is 0.0816. The number of halogens is 1. The Morgan fingerprint density at radius 2 is 1.71 bits per heavy atom. The SMILES string of the molecule is CCCCCCCCONC(=NS(=O)(=O)c1ccccc1Cl)Nc1nc(C)cc(C)n1. The van der Waals surface area contributed by atoms with E-state index in [1.54, 1.807) is 12.1 Å². The number of hydrogen-bond donors (Lipinski definition) is 2. The molecule has 0 aliphatic heterocycles. The van der Waals surface area contributed by atoms with Crippen LogP contribution in [0.1, 0.15) is 56.8 Å². The van der Waals surface area contributed by atoms with E-state index >= 15 is 0 Å². The van der Waals surface area contributed by atoms with Crippen molar-refractivity contribution in [2.24, 2.45) is 4.40 Å². The van der Waals surface area contributed by atoms with Crippen LogP contribution in [0.2, 0.25) is 5.02 Å². The van der Waals surface area contributed by atoms with E-state index in [4.69, 9.17) is 16.4 Å². The molecule has 10 heteroatoms. The van der Waals surface area contributed by atoms with E-state index in [0.717, 1.165) is 30.7 Å². The number of unbranched alkanes of at least 4 members (excludes halogenated alkanes) is 5. The number of rotatable bonds is 11. The second-order valence-electron chi connectivity index (χ2n) is 7.16. The van der Waals surface area contributed by atoms with Gasteiger partial charge in [-0.25, -0.2) is 15.4 Å². The summed E-state index contributed by atoms with van der Waals surface area (Å²) < 4.78 is 29.4. The monoisotopic (exact) mass is 467 g/mol. The average molecular weight is 468 g/mol. The van der Waals surface area contributed by atoms with Gasteiger partial charge in [0.25, 0.3) is 10.0 Å². The fourth-order valence-electron chi connectivity index (χ4n) is 2.85. The molecule has 170 valence electrons. The van der Waals surface area contributed by atoms with Gasteiger partial charge in [0, 0.05) is 11.4 Å². The third kappa shape index (κ3) is 8.80. The Kier molecular flexibility index (Phi) is 10.2. The minimum atomic E-state index is -4.09. The Hall–Kier alpha value is -2.23. The summed E-state index contributed by atoms with van der Waals surface area (Å²) in [4.78, 5) is 13.9. The summed E-state index contributed by atoms with van der Waals surface area (Å²) in [6.45, 7) is 6.23. The maximum absolute atomic E-state index is 12.8. The zero-order valence-electron chi connectivity index (χ0n) is 18.2. The summed E-state index contributed by atoms with van der Waals surface area (Å²) >= 11 is 6.05. The van der Waals surface area contributed by atoms with Crippen LogP contribution in [0.15, 0.2) is 39.6 Å². The Labute approximate surface area is 189 Å². The van der Waals surface area contributed by atoms with Crippen molar-refractivity contribution in [1.82, 2.24) is 15.4 Å². The predicted octanol–water partition coefficient (Wildman–Crippen LogP) is 4.79.